The van der Waals surface area contributed by atoms with E-state index in [0.29, 0.717) is 21.5 Å². The van der Waals surface area contributed by atoms with E-state index in [4.69, 9.17) is 39.5 Å². The number of aromatic nitrogens is 2. The molecule has 1 amide bonds. The van der Waals surface area contributed by atoms with Crippen molar-refractivity contribution in [3.8, 4) is 5.75 Å². The van der Waals surface area contributed by atoms with Gasteiger partial charge in [-0.05, 0) is 55.3 Å². The van der Waals surface area contributed by atoms with Crippen LogP contribution in [-0.2, 0) is 6.73 Å². The summed E-state index contributed by atoms with van der Waals surface area (Å²) < 4.78 is 7.24. The zero-order chi connectivity index (χ0) is 19.6. The summed E-state index contributed by atoms with van der Waals surface area (Å²) in [4.78, 5) is 12.4. The predicted octanol–water partition coefficient (Wildman–Crippen LogP) is 5.75. The molecule has 0 aliphatic heterocycles. The molecule has 0 atom stereocenters. The largest absolute Gasteiger partial charge is 0.471 e. The Labute approximate surface area is 171 Å². The minimum atomic E-state index is -0.415. The van der Waals surface area contributed by atoms with Crippen LogP contribution in [0.25, 0.3) is 0 Å². The van der Waals surface area contributed by atoms with Gasteiger partial charge >= 0.3 is 0 Å². The minimum Gasteiger partial charge on any atom is -0.471 e. The second kappa shape index (κ2) is 8.21. The van der Waals surface area contributed by atoms with Crippen LogP contribution in [0.5, 0.6) is 5.75 Å². The number of ether oxygens (including phenoxy) is 1. The fourth-order valence-electron chi connectivity index (χ4n) is 2.48. The maximum absolute atomic E-state index is 12.4. The van der Waals surface area contributed by atoms with Gasteiger partial charge in [-0.2, -0.15) is 5.10 Å². The first-order valence-electron chi connectivity index (χ1n) is 8.03. The van der Waals surface area contributed by atoms with Crippen molar-refractivity contribution in [1.29, 1.82) is 0 Å². The first-order chi connectivity index (χ1) is 12.8. The fraction of sp³-hybridized carbons (Fsp3) is 0.158. The molecule has 0 bridgehead atoms. The molecule has 27 heavy (non-hydrogen) atoms. The molecule has 8 heteroatoms. The van der Waals surface area contributed by atoms with Crippen molar-refractivity contribution in [3.63, 3.8) is 0 Å². The number of hydrogen-bond acceptors (Lipinski definition) is 3. The standard InChI is InChI=1S/C19H16Cl3N3O2/c1-11-8-13(9-12(2)17(11)22)27-10-25-7-6-16(24-25)19(26)23-18-14(20)4-3-5-15(18)21/h3-9H,10H2,1-2H3,(H,23,26). The molecule has 0 aliphatic rings. The fourth-order valence-corrected chi connectivity index (χ4v) is 3.08. The van der Waals surface area contributed by atoms with Crippen LogP contribution in [0.15, 0.2) is 42.6 Å². The third kappa shape index (κ3) is 4.56. The van der Waals surface area contributed by atoms with Crippen LogP contribution >= 0.6 is 34.8 Å². The summed E-state index contributed by atoms with van der Waals surface area (Å²) in [5, 5.41) is 8.31. The zero-order valence-electron chi connectivity index (χ0n) is 14.6. The predicted molar refractivity (Wildman–Crippen MR) is 108 cm³/mol. The quantitative estimate of drug-likeness (QED) is 0.567. The van der Waals surface area contributed by atoms with Gasteiger partial charge in [0.2, 0.25) is 0 Å². The molecule has 0 spiro atoms. The van der Waals surface area contributed by atoms with E-state index in [9.17, 15) is 4.79 Å². The van der Waals surface area contributed by atoms with Gasteiger partial charge in [0, 0.05) is 11.2 Å². The topological polar surface area (TPSA) is 56.1 Å². The second-order valence-electron chi connectivity index (χ2n) is 5.94. The first kappa shape index (κ1) is 19.5. The van der Waals surface area contributed by atoms with Gasteiger partial charge < -0.3 is 10.1 Å². The van der Waals surface area contributed by atoms with Crippen molar-refractivity contribution >= 4 is 46.4 Å². The van der Waals surface area contributed by atoms with E-state index >= 15 is 0 Å². The highest BCUT2D eigenvalue weighted by atomic mass is 35.5. The summed E-state index contributed by atoms with van der Waals surface area (Å²) in [7, 11) is 0. The van der Waals surface area contributed by atoms with Crippen molar-refractivity contribution in [2.24, 2.45) is 0 Å². The number of carbonyl (C=O) groups excluding carboxylic acids is 1. The van der Waals surface area contributed by atoms with Crippen LogP contribution in [0.2, 0.25) is 15.1 Å². The first-order valence-corrected chi connectivity index (χ1v) is 9.17. The van der Waals surface area contributed by atoms with Crippen LogP contribution in [0, 0.1) is 13.8 Å². The number of para-hydroxylation sites is 1. The Bertz CT molecular complexity index is 958. The highest BCUT2D eigenvalue weighted by Gasteiger charge is 2.14. The molecule has 140 valence electrons. The Kier molecular flexibility index (Phi) is 5.95. The van der Waals surface area contributed by atoms with Crippen LogP contribution in [0.3, 0.4) is 0 Å². The maximum Gasteiger partial charge on any atom is 0.276 e. The highest BCUT2D eigenvalue weighted by molar-refractivity contribution is 6.40. The summed E-state index contributed by atoms with van der Waals surface area (Å²) in [5.41, 5.74) is 2.44. The molecule has 3 aromatic rings. The summed E-state index contributed by atoms with van der Waals surface area (Å²) in [6.07, 6.45) is 1.65. The molecular formula is C19H16Cl3N3O2. The molecule has 1 aromatic heterocycles. The van der Waals surface area contributed by atoms with Gasteiger partial charge in [-0.15, -0.1) is 0 Å². The van der Waals surface area contributed by atoms with Gasteiger partial charge in [0.25, 0.3) is 5.91 Å². The number of amides is 1. The molecule has 0 fully saturated rings. The zero-order valence-corrected chi connectivity index (χ0v) is 16.9. The van der Waals surface area contributed by atoms with E-state index in [0.717, 1.165) is 16.1 Å². The molecule has 0 saturated heterocycles. The lowest BCUT2D eigenvalue weighted by Crippen LogP contribution is -2.14. The van der Waals surface area contributed by atoms with Gasteiger partial charge in [0.1, 0.15) is 5.75 Å². The van der Waals surface area contributed by atoms with Gasteiger partial charge in [-0.25, -0.2) is 4.68 Å². The monoisotopic (exact) mass is 423 g/mol. The van der Waals surface area contributed by atoms with E-state index in [2.05, 4.69) is 10.4 Å². The number of benzene rings is 2. The number of aryl methyl sites for hydroxylation is 2. The van der Waals surface area contributed by atoms with Crippen molar-refractivity contribution in [2.75, 3.05) is 5.32 Å². The molecule has 0 unspecified atom stereocenters. The van der Waals surface area contributed by atoms with Crippen molar-refractivity contribution in [3.05, 3.63) is 74.5 Å². The molecule has 0 saturated carbocycles. The Balaban J connectivity index is 1.67. The minimum absolute atomic E-state index is 0.153. The molecular weight excluding hydrogens is 409 g/mol. The number of nitrogens with one attached hydrogen (secondary N) is 1. The summed E-state index contributed by atoms with van der Waals surface area (Å²) >= 11 is 18.3. The number of halogens is 3. The Morgan fingerprint density at radius 3 is 2.37 bits per heavy atom. The normalized spacial score (nSPS) is 10.7. The molecule has 0 aliphatic carbocycles. The molecule has 3 rings (SSSR count). The molecule has 1 N–H and O–H groups in total. The second-order valence-corrected chi connectivity index (χ2v) is 7.13. The average molecular weight is 425 g/mol. The van der Waals surface area contributed by atoms with Gasteiger partial charge in [-0.1, -0.05) is 40.9 Å². The lowest BCUT2D eigenvalue weighted by Gasteiger charge is -2.10. The number of hydrogen-bond donors (Lipinski definition) is 1. The lowest BCUT2D eigenvalue weighted by molar-refractivity contribution is 0.102. The van der Waals surface area contributed by atoms with Gasteiger partial charge in [-0.3, -0.25) is 4.79 Å². The maximum atomic E-state index is 12.4. The Morgan fingerprint density at radius 2 is 1.74 bits per heavy atom. The Hall–Kier alpha value is -2.21. The van der Waals surface area contributed by atoms with E-state index < -0.39 is 5.91 Å². The molecule has 5 nitrogen and oxygen atoms in total. The van der Waals surface area contributed by atoms with E-state index in [1.165, 1.54) is 4.68 Å². The third-order valence-corrected chi connectivity index (χ3v) is 5.07. The number of nitrogens with zero attached hydrogens (tertiary/aromatic N) is 2. The van der Waals surface area contributed by atoms with Crippen molar-refractivity contribution in [2.45, 2.75) is 20.6 Å². The van der Waals surface area contributed by atoms with Crippen molar-refractivity contribution < 1.29 is 9.53 Å². The molecule has 0 radical (unpaired) electrons. The summed E-state index contributed by atoms with van der Waals surface area (Å²) in [6.45, 7) is 3.98. The van der Waals surface area contributed by atoms with E-state index in [-0.39, 0.29) is 12.4 Å². The van der Waals surface area contributed by atoms with Crippen LogP contribution in [-0.4, -0.2) is 15.7 Å². The van der Waals surface area contributed by atoms with Crippen LogP contribution in [0.4, 0.5) is 5.69 Å². The van der Waals surface area contributed by atoms with Gasteiger partial charge in [0.05, 0.1) is 15.7 Å². The number of carbonyl (C=O) groups is 1. The number of anilines is 1. The SMILES string of the molecule is Cc1cc(OCn2ccc(C(=O)Nc3c(Cl)cccc3Cl)n2)cc(C)c1Cl. The third-order valence-electron chi connectivity index (χ3n) is 3.85. The smallest absolute Gasteiger partial charge is 0.276 e. The average Bonchev–Trinajstić information content (AvgIpc) is 3.10. The van der Waals surface area contributed by atoms with Crippen LogP contribution < -0.4 is 10.1 Å². The molecule has 1 heterocycles. The van der Waals surface area contributed by atoms with Crippen LogP contribution in [0.1, 0.15) is 21.6 Å². The lowest BCUT2D eigenvalue weighted by atomic mass is 10.1. The summed E-state index contributed by atoms with van der Waals surface area (Å²) in [5.74, 6) is 0.265. The molecule has 2 aromatic carbocycles. The highest BCUT2D eigenvalue weighted by Crippen LogP contribution is 2.30. The van der Waals surface area contributed by atoms with E-state index in [1.54, 1.807) is 30.5 Å². The van der Waals surface area contributed by atoms with E-state index in [1.807, 2.05) is 26.0 Å². The number of rotatable bonds is 5. The van der Waals surface area contributed by atoms with Gasteiger partial charge in [0.15, 0.2) is 12.4 Å². The van der Waals surface area contributed by atoms with Crippen molar-refractivity contribution in [1.82, 2.24) is 9.78 Å². The Morgan fingerprint density at radius 1 is 1.11 bits per heavy atom. The summed E-state index contributed by atoms with van der Waals surface area (Å²) in [6, 6.07) is 10.3.